The smallest absolute Gasteiger partial charge is 0.192 e. The van der Waals surface area contributed by atoms with E-state index in [9.17, 15) is 4.79 Å². The highest BCUT2D eigenvalue weighted by atomic mass is 32.2. The molecule has 1 aliphatic rings. The molecule has 1 aromatic heterocycles. The minimum Gasteiger partial charge on any atom is -0.303 e. The fourth-order valence-electron chi connectivity index (χ4n) is 2.62. The first kappa shape index (κ1) is 15.3. The van der Waals surface area contributed by atoms with Crippen molar-refractivity contribution >= 4 is 17.5 Å². The molecular weight excluding hydrogens is 294 g/mol. The topological polar surface area (TPSA) is 47.8 Å². The number of thioether (sulfide) groups is 1. The van der Waals surface area contributed by atoms with Gasteiger partial charge in [-0.3, -0.25) is 4.79 Å². The van der Waals surface area contributed by atoms with Crippen LogP contribution in [0.4, 0.5) is 0 Å². The second-order valence-corrected chi connectivity index (χ2v) is 7.38. The van der Waals surface area contributed by atoms with E-state index in [-0.39, 0.29) is 11.0 Å². The molecule has 22 heavy (non-hydrogen) atoms. The van der Waals surface area contributed by atoms with Crippen LogP contribution in [0.3, 0.4) is 0 Å². The van der Waals surface area contributed by atoms with Gasteiger partial charge in [0.1, 0.15) is 5.82 Å². The van der Waals surface area contributed by atoms with E-state index in [0.29, 0.717) is 6.04 Å². The van der Waals surface area contributed by atoms with E-state index in [1.807, 2.05) is 45.9 Å². The van der Waals surface area contributed by atoms with E-state index in [0.717, 1.165) is 27.7 Å². The normalized spacial score (nSPS) is 15.8. The predicted molar refractivity (Wildman–Crippen MR) is 88.6 cm³/mol. The zero-order valence-corrected chi connectivity index (χ0v) is 14.3. The molecule has 1 saturated carbocycles. The molecule has 4 nitrogen and oxygen atoms in total. The van der Waals surface area contributed by atoms with Gasteiger partial charge >= 0.3 is 0 Å². The van der Waals surface area contributed by atoms with Gasteiger partial charge in [-0.1, -0.05) is 29.5 Å². The average Bonchev–Trinajstić information content (AvgIpc) is 3.25. The Kier molecular flexibility index (Phi) is 4.08. The fraction of sp³-hybridized carbons (Fsp3) is 0.471. The van der Waals surface area contributed by atoms with E-state index < -0.39 is 0 Å². The Hall–Kier alpha value is -1.62. The number of ketones is 1. The summed E-state index contributed by atoms with van der Waals surface area (Å²) in [6.07, 6.45) is 2.37. The third-order valence-corrected chi connectivity index (χ3v) is 5.11. The number of carbonyl (C=O) groups is 1. The van der Waals surface area contributed by atoms with Crippen molar-refractivity contribution in [3.63, 3.8) is 0 Å². The first-order chi connectivity index (χ1) is 10.5. The zero-order chi connectivity index (χ0) is 15.9. The molecule has 1 fully saturated rings. The van der Waals surface area contributed by atoms with Crippen molar-refractivity contribution in [3.05, 3.63) is 40.7 Å². The Bertz CT molecular complexity index is 719. The summed E-state index contributed by atoms with van der Waals surface area (Å²) in [7, 11) is 0. The van der Waals surface area contributed by atoms with Crippen molar-refractivity contribution in [2.24, 2.45) is 0 Å². The van der Waals surface area contributed by atoms with Gasteiger partial charge in [-0.2, -0.15) is 0 Å². The summed E-state index contributed by atoms with van der Waals surface area (Å²) >= 11 is 1.52. The summed E-state index contributed by atoms with van der Waals surface area (Å²) in [5.74, 6) is 1.10. The second kappa shape index (κ2) is 5.88. The first-order valence-corrected chi connectivity index (χ1v) is 8.55. The lowest BCUT2D eigenvalue weighted by molar-refractivity contribution is 0.0993. The summed E-state index contributed by atoms with van der Waals surface area (Å²) in [6, 6.07) is 6.56. The monoisotopic (exact) mass is 315 g/mol. The molecule has 0 amide bonds. The summed E-state index contributed by atoms with van der Waals surface area (Å²) < 4.78 is 2.18. The van der Waals surface area contributed by atoms with Crippen LogP contribution < -0.4 is 0 Å². The lowest BCUT2D eigenvalue weighted by Crippen LogP contribution is -2.16. The van der Waals surface area contributed by atoms with Crippen LogP contribution in [0, 0.1) is 20.8 Å². The van der Waals surface area contributed by atoms with Crippen LogP contribution >= 0.6 is 11.8 Å². The van der Waals surface area contributed by atoms with Crippen molar-refractivity contribution < 1.29 is 4.79 Å². The molecule has 3 rings (SSSR count). The summed E-state index contributed by atoms with van der Waals surface area (Å²) in [6.45, 7) is 7.94. The molecule has 0 aliphatic heterocycles. The molecule has 0 unspecified atom stereocenters. The number of nitrogens with zero attached hydrogens (tertiary/aromatic N) is 3. The minimum absolute atomic E-state index is 0.161. The van der Waals surface area contributed by atoms with Gasteiger partial charge in [-0.25, -0.2) is 0 Å². The minimum atomic E-state index is -0.165. The number of carbonyl (C=O) groups excluding carboxylic acids is 1. The molecule has 0 bridgehead atoms. The maximum absolute atomic E-state index is 12.7. The summed E-state index contributed by atoms with van der Waals surface area (Å²) in [5, 5.41) is 9.13. The van der Waals surface area contributed by atoms with Crippen molar-refractivity contribution in [1.29, 1.82) is 0 Å². The Morgan fingerprint density at radius 3 is 2.68 bits per heavy atom. The molecule has 1 atom stereocenters. The molecule has 0 spiro atoms. The molecule has 116 valence electrons. The molecule has 0 N–H and O–H groups in total. The molecule has 0 radical (unpaired) electrons. The maximum atomic E-state index is 12.7. The van der Waals surface area contributed by atoms with E-state index in [1.165, 1.54) is 24.6 Å². The molecule has 5 heteroatoms. The number of rotatable bonds is 5. The Balaban J connectivity index is 1.81. The van der Waals surface area contributed by atoms with E-state index in [1.54, 1.807) is 0 Å². The number of Topliss-reactive ketones (excluding diaryl/α,β-unsaturated/α-hetero) is 1. The lowest BCUT2D eigenvalue weighted by Gasteiger charge is -2.13. The summed E-state index contributed by atoms with van der Waals surface area (Å²) in [5.41, 5.74) is 2.96. The standard InChI is InChI=1S/C17H21N3OS/c1-10-5-6-11(2)15(9-10)16(21)12(3)22-17-19-18-13(4)20(17)14-7-8-14/h5-6,9,12,14H,7-8H2,1-4H3/t12-/m0/s1. The van der Waals surface area contributed by atoms with Crippen molar-refractivity contribution in [2.45, 2.75) is 57.0 Å². The van der Waals surface area contributed by atoms with Crippen LogP contribution in [0.1, 0.15) is 53.1 Å². The van der Waals surface area contributed by atoms with Gasteiger partial charge < -0.3 is 4.57 Å². The molecule has 1 aromatic carbocycles. The van der Waals surface area contributed by atoms with Crippen molar-refractivity contribution in [1.82, 2.24) is 14.8 Å². The van der Waals surface area contributed by atoms with E-state index in [4.69, 9.17) is 0 Å². The van der Waals surface area contributed by atoms with Gasteiger partial charge in [0, 0.05) is 11.6 Å². The quantitative estimate of drug-likeness (QED) is 0.620. The number of aryl methyl sites for hydroxylation is 3. The highest BCUT2D eigenvalue weighted by Gasteiger charge is 2.30. The lowest BCUT2D eigenvalue weighted by atomic mass is 10.0. The molecule has 1 heterocycles. The van der Waals surface area contributed by atoms with Crippen LogP contribution in [0.5, 0.6) is 0 Å². The van der Waals surface area contributed by atoms with Crippen molar-refractivity contribution in [2.75, 3.05) is 0 Å². The Labute approximate surface area is 135 Å². The maximum Gasteiger partial charge on any atom is 0.192 e. The average molecular weight is 315 g/mol. The predicted octanol–water partition coefficient (Wildman–Crippen LogP) is 3.90. The van der Waals surface area contributed by atoms with Gasteiger partial charge in [0.2, 0.25) is 0 Å². The molecule has 1 aliphatic carbocycles. The van der Waals surface area contributed by atoms with Crippen LogP contribution in [-0.2, 0) is 0 Å². The van der Waals surface area contributed by atoms with Crippen LogP contribution in [0.25, 0.3) is 0 Å². The van der Waals surface area contributed by atoms with Crippen LogP contribution in [-0.4, -0.2) is 25.8 Å². The largest absolute Gasteiger partial charge is 0.303 e. The Morgan fingerprint density at radius 1 is 1.27 bits per heavy atom. The summed E-state index contributed by atoms with van der Waals surface area (Å²) in [4.78, 5) is 12.7. The number of aromatic nitrogens is 3. The second-order valence-electron chi connectivity index (χ2n) is 6.07. The SMILES string of the molecule is Cc1ccc(C)c(C(=O)[C@H](C)Sc2nnc(C)n2C2CC2)c1. The number of hydrogen-bond acceptors (Lipinski definition) is 4. The highest BCUT2D eigenvalue weighted by molar-refractivity contribution is 8.00. The molecule has 0 saturated heterocycles. The van der Waals surface area contributed by atoms with Gasteiger partial charge in [-0.15, -0.1) is 10.2 Å². The first-order valence-electron chi connectivity index (χ1n) is 7.67. The third-order valence-electron chi connectivity index (χ3n) is 4.06. The van der Waals surface area contributed by atoms with Gasteiger partial charge in [-0.05, 0) is 52.2 Å². The number of benzene rings is 1. The number of hydrogen-bond donors (Lipinski definition) is 0. The van der Waals surface area contributed by atoms with Crippen LogP contribution in [0.2, 0.25) is 0 Å². The van der Waals surface area contributed by atoms with Gasteiger partial charge in [0.15, 0.2) is 10.9 Å². The fourth-order valence-corrected chi connectivity index (χ4v) is 3.65. The zero-order valence-electron chi connectivity index (χ0n) is 13.5. The Morgan fingerprint density at radius 2 is 2.00 bits per heavy atom. The van der Waals surface area contributed by atoms with Crippen molar-refractivity contribution in [3.8, 4) is 0 Å². The molecule has 2 aromatic rings. The van der Waals surface area contributed by atoms with Gasteiger partial charge in [0.25, 0.3) is 0 Å². The van der Waals surface area contributed by atoms with E-state index in [2.05, 4.69) is 14.8 Å². The van der Waals surface area contributed by atoms with E-state index >= 15 is 0 Å². The van der Waals surface area contributed by atoms with Crippen LogP contribution in [0.15, 0.2) is 23.4 Å². The van der Waals surface area contributed by atoms with Gasteiger partial charge in [0.05, 0.1) is 5.25 Å². The molecular formula is C17H21N3OS. The highest BCUT2D eigenvalue weighted by Crippen LogP contribution is 2.39. The third kappa shape index (κ3) is 2.95.